The fraction of sp³-hybridized carbons (Fsp3) is 0.333. The van der Waals surface area contributed by atoms with E-state index in [0.717, 1.165) is 5.56 Å². The lowest BCUT2D eigenvalue weighted by Gasteiger charge is -2.34. The first-order valence-corrected chi connectivity index (χ1v) is 8.70. The van der Waals surface area contributed by atoms with Crippen molar-refractivity contribution in [3.8, 4) is 0 Å². The number of hydrogen-bond donors (Lipinski definition) is 1. The van der Waals surface area contributed by atoms with E-state index in [2.05, 4.69) is 15.3 Å². The molecule has 2 amide bonds. The number of nitrogens with zero attached hydrogens (tertiary/aromatic N) is 3. The van der Waals surface area contributed by atoms with Gasteiger partial charge in [0.25, 0.3) is 5.91 Å². The minimum atomic E-state index is -1.29. The van der Waals surface area contributed by atoms with Gasteiger partial charge >= 0.3 is 0 Å². The molecule has 0 saturated heterocycles. The average molecular weight is 393 g/mol. The van der Waals surface area contributed by atoms with Crippen LogP contribution >= 0.6 is 11.6 Å². The van der Waals surface area contributed by atoms with Crippen LogP contribution in [0.25, 0.3) is 0 Å². The number of nitrogens with one attached hydrogen (secondary N) is 1. The summed E-state index contributed by atoms with van der Waals surface area (Å²) < 4.78 is 28.7. The van der Waals surface area contributed by atoms with Gasteiger partial charge in [0.1, 0.15) is 18.5 Å². The summed E-state index contributed by atoms with van der Waals surface area (Å²) in [7, 11) is 0. The molecule has 1 aliphatic heterocycles. The van der Waals surface area contributed by atoms with Crippen molar-refractivity contribution in [2.24, 2.45) is 0 Å². The number of rotatable bonds is 3. The molecule has 4 rings (SSSR count). The van der Waals surface area contributed by atoms with Crippen LogP contribution in [0.2, 0.25) is 5.02 Å². The highest BCUT2D eigenvalue weighted by Gasteiger charge is 2.62. The van der Waals surface area contributed by atoms with Crippen LogP contribution in [-0.4, -0.2) is 45.9 Å². The third-order valence-corrected chi connectivity index (χ3v) is 5.22. The lowest BCUT2D eigenvalue weighted by molar-refractivity contribution is -0.117. The number of aromatic nitrogens is 2. The van der Waals surface area contributed by atoms with Gasteiger partial charge in [-0.3, -0.25) is 14.9 Å². The summed E-state index contributed by atoms with van der Waals surface area (Å²) in [5.74, 6) is -1.71. The first-order chi connectivity index (χ1) is 12.8. The first kappa shape index (κ1) is 17.8. The molecule has 1 aliphatic carbocycles. The Kier molecular flexibility index (Phi) is 4.10. The summed E-state index contributed by atoms with van der Waals surface area (Å²) in [5.41, 5.74) is -0.242. The van der Waals surface area contributed by atoms with Crippen molar-refractivity contribution in [1.82, 2.24) is 14.9 Å². The van der Waals surface area contributed by atoms with Crippen LogP contribution in [0.5, 0.6) is 0 Å². The number of anilines is 1. The number of fused-ring (bicyclic) bond motifs is 2. The maximum absolute atomic E-state index is 14.5. The smallest absolute Gasteiger partial charge is 0.254 e. The van der Waals surface area contributed by atoms with Crippen LogP contribution < -0.4 is 5.32 Å². The van der Waals surface area contributed by atoms with Crippen LogP contribution in [0.4, 0.5) is 14.7 Å². The second-order valence-corrected chi connectivity index (χ2v) is 7.31. The Morgan fingerprint density at radius 1 is 1.41 bits per heavy atom. The van der Waals surface area contributed by atoms with E-state index in [1.54, 1.807) is 12.4 Å². The molecule has 2 atom stereocenters. The third kappa shape index (κ3) is 2.93. The molecular formula is C18H15ClF2N4O2. The van der Waals surface area contributed by atoms with Gasteiger partial charge in [-0.1, -0.05) is 11.6 Å². The van der Waals surface area contributed by atoms with E-state index in [1.165, 1.54) is 17.0 Å². The molecule has 1 N–H and O–H groups in total. The zero-order chi connectivity index (χ0) is 19.3. The van der Waals surface area contributed by atoms with Gasteiger partial charge in [-0.05, 0) is 31.0 Å². The fourth-order valence-corrected chi connectivity index (χ4v) is 3.64. The zero-order valence-electron chi connectivity index (χ0n) is 14.3. The van der Waals surface area contributed by atoms with Crippen LogP contribution in [-0.2, 0) is 10.2 Å². The van der Waals surface area contributed by atoms with Gasteiger partial charge in [-0.15, -0.1) is 0 Å². The van der Waals surface area contributed by atoms with E-state index in [1.807, 2.05) is 6.92 Å². The zero-order valence-corrected chi connectivity index (χ0v) is 15.1. The molecule has 1 fully saturated rings. The van der Waals surface area contributed by atoms with E-state index in [0.29, 0.717) is 0 Å². The monoisotopic (exact) mass is 392 g/mol. The third-order valence-electron chi connectivity index (χ3n) is 4.93. The van der Waals surface area contributed by atoms with Gasteiger partial charge in [0.2, 0.25) is 11.9 Å². The maximum Gasteiger partial charge on any atom is 0.254 e. The predicted molar refractivity (Wildman–Crippen MR) is 93.9 cm³/mol. The van der Waals surface area contributed by atoms with Gasteiger partial charge in [0, 0.05) is 30.1 Å². The largest absolute Gasteiger partial charge is 0.328 e. The standard InChI is InChI=1S/C18H15ClF2N4O2/c1-9-5-22-17(23-6-9)24-13(26)7-25-8-18(4-12(18)20)14-10(16(25)27)2-3-11(19)15(14)21/h2-3,5-6,12H,4,7-8H2,1H3,(H,22,23,24,26)/t12-,18?/m1/s1. The van der Waals surface area contributed by atoms with Crippen LogP contribution in [0, 0.1) is 12.7 Å². The Labute approximate surface area is 158 Å². The predicted octanol–water partition coefficient (Wildman–Crippen LogP) is 2.65. The summed E-state index contributed by atoms with van der Waals surface area (Å²) in [6, 6.07) is 2.64. The molecule has 9 heteroatoms. The van der Waals surface area contributed by atoms with Crippen molar-refractivity contribution in [2.45, 2.75) is 24.9 Å². The number of halogens is 3. The summed E-state index contributed by atoms with van der Waals surface area (Å²) in [6.45, 7) is 1.41. The maximum atomic E-state index is 14.5. The van der Waals surface area contributed by atoms with Gasteiger partial charge in [0.15, 0.2) is 0 Å². The summed E-state index contributed by atoms with van der Waals surface area (Å²) in [5, 5.41) is 2.35. The Morgan fingerprint density at radius 3 is 2.70 bits per heavy atom. The summed E-state index contributed by atoms with van der Waals surface area (Å²) >= 11 is 5.82. The highest BCUT2D eigenvalue weighted by molar-refractivity contribution is 6.31. The Morgan fingerprint density at radius 2 is 2.07 bits per heavy atom. The van der Waals surface area contributed by atoms with Crippen molar-refractivity contribution in [3.05, 3.63) is 52.1 Å². The molecular weight excluding hydrogens is 378 g/mol. The topological polar surface area (TPSA) is 75.2 Å². The quantitative estimate of drug-likeness (QED) is 0.871. The average Bonchev–Trinajstić information content (AvgIpc) is 3.26. The van der Waals surface area contributed by atoms with Crippen molar-refractivity contribution in [1.29, 1.82) is 0 Å². The number of amides is 2. The lowest BCUT2D eigenvalue weighted by atomic mass is 9.85. The van der Waals surface area contributed by atoms with Gasteiger partial charge in [0.05, 0.1) is 10.4 Å². The number of alkyl halides is 1. The molecule has 1 aromatic heterocycles. The second kappa shape index (κ2) is 6.23. The van der Waals surface area contributed by atoms with Gasteiger partial charge < -0.3 is 4.90 Å². The molecule has 1 unspecified atom stereocenters. The van der Waals surface area contributed by atoms with E-state index < -0.39 is 29.2 Å². The molecule has 1 spiro atoms. The summed E-state index contributed by atoms with van der Waals surface area (Å²) in [6.07, 6.45) is 1.89. The minimum Gasteiger partial charge on any atom is -0.328 e. The second-order valence-electron chi connectivity index (χ2n) is 6.91. The molecule has 1 saturated carbocycles. The van der Waals surface area contributed by atoms with Crippen LogP contribution in [0.1, 0.15) is 27.9 Å². The normalized spacial score (nSPS) is 23.3. The molecule has 6 nitrogen and oxygen atoms in total. The number of carbonyl (C=O) groups is 2. The number of aryl methyl sites for hydroxylation is 1. The van der Waals surface area contributed by atoms with Crippen molar-refractivity contribution >= 4 is 29.4 Å². The van der Waals surface area contributed by atoms with E-state index >= 15 is 0 Å². The van der Waals surface area contributed by atoms with E-state index in [-0.39, 0.29) is 41.6 Å². The molecule has 2 aliphatic rings. The summed E-state index contributed by atoms with van der Waals surface area (Å²) in [4.78, 5) is 34.2. The number of benzene rings is 1. The van der Waals surface area contributed by atoms with Gasteiger partial charge in [-0.2, -0.15) is 0 Å². The van der Waals surface area contributed by atoms with Crippen LogP contribution in [0.15, 0.2) is 24.5 Å². The van der Waals surface area contributed by atoms with Crippen molar-refractivity contribution in [3.63, 3.8) is 0 Å². The number of carbonyl (C=O) groups excluding carboxylic acids is 2. The highest BCUT2D eigenvalue weighted by atomic mass is 35.5. The highest BCUT2D eigenvalue weighted by Crippen LogP contribution is 2.55. The SMILES string of the molecule is Cc1cnc(NC(=O)CN2CC3(C[C@H]3F)c3c(ccc(Cl)c3F)C2=O)nc1. The van der Waals surface area contributed by atoms with Crippen molar-refractivity contribution < 1.29 is 18.4 Å². The van der Waals surface area contributed by atoms with Crippen molar-refractivity contribution in [2.75, 3.05) is 18.4 Å². The van der Waals surface area contributed by atoms with Crippen LogP contribution in [0.3, 0.4) is 0 Å². The molecule has 2 aromatic rings. The Hall–Kier alpha value is -2.61. The molecule has 0 bridgehead atoms. The van der Waals surface area contributed by atoms with Gasteiger partial charge in [-0.25, -0.2) is 18.7 Å². The van der Waals surface area contributed by atoms with E-state index in [4.69, 9.17) is 11.6 Å². The molecule has 140 valence electrons. The minimum absolute atomic E-state index is 0.0195. The first-order valence-electron chi connectivity index (χ1n) is 8.32. The molecule has 1 aromatic carbocycles. The fourth-order valence-electron chi connectivity index (χ4n) is 3.48. The lowest BCUT2D eigenvalue weighted by Crippen LogP contribution is -2.48. The molecule has 0 radical (unpaired) electrons. The molecule has 27 heavy (non-hydrogen) atoms. The van der Waals surface area contributed by atoms with E-state index in [9.17, 15) is 18.4 Å². The Bertz CT molecular complexity index is 953. The molecule has 2 heterocycles. The number of hydrogen-bond acceptors (Lipinski definition) is 4. The Balaban J connectivity index is 1.58.